The first kappa shape index (κ1) is 16.4. The predicted molar refractivity (Wildman–Crippen MR) is 93.4 cm³/mol. The van der Waals surface area contributed by atoms with Crippen LogP contribution < -0.4 is 4.43 Å². The molecule has 0 fully saturated rings. The molecule has 0 spiro atoms. The van der Waals surface area contributed by atoms with E-state index in [4.69, 9.17) is 4.43 Å². The van der Waals surface area contributed by atoms with Gasteiger partial charge in [0.2, 0.25) is 8.32 Å². The minimum atomic E-state index is -1.59. The van der Waals surface area contributed by atoms with Crippen molar-refractivity contribution in [3.05, 3.63) is 53.6 Å². The molecule has 0 amide bonds. The van der Waals surface area contributed by atoms with Gasteiger partial charge in [-0.05, 0) is 50.2 Å². The van der Waals surface area contributed by atoms with E-state index < -0.39 is 8.32 Å². The molecule has 4 nitrogen and oxygen atoms in total. The number of aryl methyl sites for hydroxylation is 1. The zero-order valence-electron chi connectivity index (χ0n) is 13.7. The molecule has 0 bridgehead atoms. The summed E-state index contributed by atoms with van der Waals surface area (Å²) in [5.74, 6) is 1.64. The molecular weight excluding hydrogens is 290 g/mol. The van der Waals surface area contributed by atoms with Crippen molar-refractivity contribution in [3.8, 4) is 5.75 Å². The summed E-state index contributed by atoms with van der Waals surface area (Å²) in [6.07, 6.45) is 6.17. The Kier molecular flexibility index (Phi) is 5.44. The largest absolute Gasteiger partial charge is 0.544 e. The van der Waals surface area contributed by atoms with Crippen LogP contribution in [0.25, 0.3) is 0 Å². The van der Waals surface area contributed by atoms with Crippen LogP contribution in [0.5, 0.6) is 5.75 Å². The highest BCUT2D eigenvalue weighted by Gasteiger charge is 2.17. The van der Waals surface area contributed by atoms with Gasteiger partial charge in [-0.1, -0.05) is 18.2 Å². The summed E-state index contributed by atoms with van der Waals surface area (Å²) in [5.41, 5.74) is 2.25. The number of aromatic nitrogens is 2. The lowest BCUT2D eigenvalue weighted by Gasteiger charge is -2.21. The van der Waals surface area contributed by atoms with Crippen molar-refractivity contribution in [1.82, 2.24) is 9.97 Å². The smallest absolute Gasteiger partial charge is 0.242 e. The highest BCUT2D eigenvalue weighted by Crippen LogP contribution is 2.22. The van der Waals surface area contributed by atoms with E-state index in [1.54, 1.807) is 18.6 Å². The van der Waals surface area contributed by atoms with E-state index in [1.807, 2.05) is 25.1 Å². The van der Waals surface area contributed by atoms with E-state index in [1.165, 1.54) is 5.56 Å². The lowest BCUT2D eigenvalue weighted by molar-refractivity contribution is 0.549. The normalized spacial score (nSPS) is 11.8. The van der Waals surface area contributed by atoms with E-state index in [2.05, 4.69) is 40.7 Å². The van der Waals surface area contributed by atoms with E-state index in [9.17, 15) is 0 Å². The number of hydrogen-bond acceptors (Lipinski definition) is 4. The second-order valence-electron chi connectivity index (χ2n) is 6.23. The molecule has 5 heteroatoms. The van der Waals surface area contributed by atoms with Gasteiger partial charge in [0.25, 0.3) is 0 Å². The molecule has 2 rings (SSSR count). The summed E-state index contributed by atoms with van der Waals surface area (Å²) in [6.45, 7) is 9.24. The van der Waals surface area contributed by atoms with Gasteiger partial charge in [0, 0.05) is 18.9 Å². The van der Waals surface area contributed by atoms with Crippen molar-refractivity contribution < 1.29 is 4.43 Å². The van der Waals surface area contributed by atoms with Crippen molar-refractivity contribution in [2.75, 3.05) is 6.54 Å². The number of benzene rings is 1. The Morgan fingerprint density at radius 3 is 2.50 bits per heavy atom. The monoisotopic (exact) mass is 313 g/mol. The Morgan fingerprint density at radius 1 is 1.14 bits per heavy atom. The fourth-order valence-electron chi connectivity index (χ4n) is 1.94. The van der Waals surface area contributed by atoms with Crippen molar-refractivity contribution in [2.45, 2.75) is 33.0 Å². The molecule has 0 atom stereocenters. The van der Waals surface area contributed by atoms with Crippen molar-refractivity contribution >= 4 is 14.5 Å². The Balaban J connectivity index is 1.95. The minimum absolute atomic E-state index is 0.650. The molecule has 0 aliphatic carbocycles. The molecule has 0 unspecified atom stereocenters. The molecule has 116 valence electrons. The van der Waals surface area contributed by atoms with Gasteiger partial charge < -0.3 is 4.43 Å². The van der Waals surface area contributed by atoms with Gasteiger partial charge in [-0.15, -0.1) is 0 Å². The average Bonchev–Trinajstić information content (AvgIpc) is 2.45. The minimum Gasteiger partial charge on any atom is -0.544 e. The molecule has 0 radical (unpaired) electrons. The van der Waals surface area contributed by atoms with Gasteiger partial charge in [-0.2, -0.15) is 0 Å². The Bertz CT molecular complexity index is 633. The lowest BCUT2D eigenvalue weighted by Crippen LogP contribution is -2.29. The van der Waals surface area contributed by atoms with Crippen molar-refractivity contribution in [2.24, 2.45) is 4.99 Å². The quantitative estimate of drug-likeness (QED) is 0.604. The van der Waals surface area contributed by atoms with E-state index in [-0.39, 0.29) is 0 Å². The number of rotatable bonds is 6. The second-order valence-corrected chi connectivity index (χ2v) is 10.7. The maximum atomic E-state index is 6.12. The molecule has 1 heterocycles. The Hall–Kier alpha value is -2.01. The fourth-order valence-corrected chi connectivity index (χ4v) is 2.80. The molecule has 22 heavy (non-hydrogen) atoms. The molecule has 1 aromatic heterocycles. The van der Waals surface area contributed by atoms with Gasteiger partial charge in [0.15, 0.2) is 5.82 Å². The molecule has 0 saturated heterocycles. The lowest BCUT2D eigenvalue weighted by atomic mass is 10.1. The first-order valence-corrected chi connectivity index (χ1v) is 10.9. The average molecular weight is 313 g/mol. The van der Waals surface area contributed by atoms with Crippen LogP contribution in [0.15, 0.2) is 41.7 Å². The van der Waals surface area contributed by atoms with Gasteiger partial charge in [-0.25, -0.2) is 9.97 Å². The number of para-hydroxylation sites is 1. The molecule has 1 aromatic carbocycles. The third kappa shape index (κ3) is 5.41. The van der Waals surface area contributed by atoms with Crippen molar-refractivity contribution in [1.29, 1.82) is 0 Å². The third-order valence-corrected chi connectivity index (χ3v) is 3.74. The van der Waals surface area contributed by atoms with Gasteiger partial charge in [0.05, 0.1) is 6.21 Å². The summed E-state index contributed by atoms with van der Waals surface area (Å²) in [5, 5.41) is 0. The van der Waals surface area contributed by atoms with Crippen LogP contribution in [-0.2, 0) is 6.42 Å². The van der Waals surface area contributed by atoms with E-state index >= 15 is 0 Å². The zero-order valence-corrected chi connectivity index (χ0v) is 14.7. The number of nitrogens with zero attached hydrogens (tertiary/aromatic N) is 3. The van der Waals surface area contributed by atoms with Crippen LogP contribution in [0.4, 0.5) is 0 Å². The van der Waals surface area contributed by atoms with Crippen LogP contribution in [0.2, 0.25) is 19.6 Å². The maximum Gasteiger partial charge on any atom is 0.242 e. The van der Waals surface area contributed by atoms with Crippen LogP contribution >= 0.6 is 0 Å². The predicted octanol–water partition coefficient (Wildman–Crippen LogP) is 3.66. The Morgan fingerprint density at radius 2 is 1.82 bits per heavy atom. The summed E-state index contributed by atoms with van der Waals surface area (Å²) in [4.78, 5) is 12.8. The van der Waals surface area contributed by atoms with Gasteiger partial charge >= 0.3 is 0 Å². The maximum absolute atomic E-state index is 6.12. The third-order valence-electron chi connectivity index (χ3n) is 2.91. The van der Waals surface area contributed by atoms with Crippen LogP contribution in [0.1, 0.15) is 17.0 Å². The van der Waals surface area contributed by atoms with E-state index in [0.29, 0.717) is 12.4 Å². The van der Waals surface area contributed by atoms with Crippen LogP contribution in [0, 0.1) is 6.92 Å². The first-order valence-electron chi connectivity index (χ1n) is 7.49. The standard InChI is InChI=1S/C17H23N3OSi/c1-14-11-19-17(20-12-14)13-18-10-9-15-7-5-6-8-16(15)21-22(2,3)4/h5-8,11-13H,9-10H2,1-4H3. The van der Waals surface area contributed by atoms with Crippen LogP contribution in [-0.4, -0.2) is 31.0 Å². The second kappa shape index (κ2) is 7.31. The molecule has 2 aromatic rings. The Labute approximate surface area is 133 Å². The summed E-state index contributed by atoms with van der Waals surface area (Å²) in [6, 6.07) is 8.20. The van der Waals surface area contributed by atoms with Gasteiger partial charge in [0.1, 0.15) is 5.75 Å². The molecule has 0 aliphatic heterocycles. The number of aliphatic imine (C=N–C) groups is 1. The zero-order chi connectivity index (χ0) is 16.0. The summed E-state index contributed by atoms with van der Waals surface area (Å²) < 4.78 is 6.12. The molecule has 0 aliphatic rings. The molecule has 0 N–H and O–H groups in total. The first-order chi connectivity index (χ1) is 10.4. The fraction of sp³-hybridized carbons (Fsp3) is 0.353. The number of hydrogen-bond donors (Lipinski definition) is 0. The summed E-state index contributed by atoms with van der Waals surface area (Å²) in [7, 11) is -1.59. The van der Waals surface area contributed by atoms with Crippen molar-refractivity contribution in [3.63, 3.8) is 0 Å². The van der Waals surface area contributed by atoms with Gasteiger partial charge in [-0.3, -0.25) is 4.99 Å². The molecule has 0 saturated carbocycles. The van der Waals surface area contributed by atoms with E-state index in [0.717, 1.165) is 17.7 Å². The topological polar surface area (TPSA) is 47.4 Å². The molecular formula is C17H23N3OSi. The van der Waals surface area contributed by atoms with Crippen LogP contribution in [0.3, 0.4) is 0 Å². The highest BCUT2D eigenvalue weighted by atomic mass is 28.4. The summed E-state index contributed by atoms with van der Waals surface area (Å²) >= 11 is 0. The highest BCUT2D eigenvalue weighted by molar-refractivity contribution is 6.70. The SMILES string of the molecule is Cc1cnc(C=NCCc2ccccc2O[Si](C)(C)C)nc1.